The second-order valence-electron chi connectivity index (χ2n) is 5.61. The smallest absolute Gasteiger partial charge is 0.122 e. The number of rotatable bonds is 5. The number of methoxy groups -OCH3 is 2. The van der Waals surface area contributed by atoms with Crippen molar-refractivity contribution in [3.8, 4) is 11.5 Å². The Hall–Kier alpha value is -0.970. The molecule has 1 aliphatic rings. The van der Waals surface area contributed by atoms with Crippen LogP contribution in [0.15, 0.2) is 18.2 Å². The van der Waals surface area contributed by atoms with Crippen molar-refractivity contribution in [3.63, 3.8) is 0 Å². The van der Waals surface area contributed by atoms with Crippen LogP contribution in [0.2, 0.25) is 0 Å². The zero-order valence-corrected chi connectivity index (χ0v) is 14.0. The minimum absolute atomic E-state index is 0. The van der Waals surface area contributed by atoms with Gasteiger partial charge in [-0.3, -0.25) is 4.90 Å². The first-order valence-electron chi connectivity index (χ1n) is 7.34. The van der Waals surface area contributed by atoms with Crippen molar-refractivity contribution in [2.24, 2.45) is 11.7 Å². The Morgan fingerprint density at radius 3 is 2.33 bits per heavy atom. The molecule has 0 amide bonds. The predicted octanol–water partition coefficient (Wildman–Crippen LogP) is 2.68. The molecule has 0 bridgehead atoms. The molecule has 2 rings (SSSR count). The Labute approximate surface area is 134 Å². The van der Waals surface area contributed by atoms with Gasteiger partial charge in [0.05, 0.1) is 14.2 Å². The summed E-state index contributed by atoms with van der Waals surface area (Å²) in [5.41, 5.74) is 7.18. The Kier molecular flexibility index (Phi) is 7.29. The summed E-state index contributed by atoms with van der Waals surface area (Å²) in [6.45, 7) is 5.05. The molecule has 0 spiro atoms. The first-order chi connectivity index (χ1) is 9.67. The average Bonchev–Trinajstić information content (AvgIpc) is 2.47. The molecule has 2 atom stereocenters. The number of nitrogens with two attached hydrogens (primary N) is 1. The lowest BCUT2D eigenvalue weighted by molar-refractivity contribution is 0.0989. The van der Waals surface area contributed by atoms with Gasteiger partial charge in [-0.2, -0.15) is 0 Å². The normalized spacial score (nSPS) is 22.5. The van der Waals surface area contributed by atoms with Crippen molar-refractivity contribution in [1.82, 2.24) is 4.90 Å². The molecule has 5 heteroatoms. The van der Waals surface area contributed by atoms with E-state index in [9.17, 15) is 0 Å². The van der Waals surface area contributed by atoms with Crippen LogP contribution in [0.1, 0.15) is 25.3 Å². The molecule has 0 saturated carbocycles. The van der Waals surface area contributed by atoms with Crippen LogP contribution >= 0.6 is 12.4 Å². The Morgan fingerprint density at radius 1 is 1.19 bits per heavy atom. The van der Waals surface area contributed by atoms with Gasteiger partial charge in [-0.05, 0) is 43.0 Å². The van der Waals surface area contributed by atoms with Crippen molar-refractivity contribution >= 4 is 12.4 Å². The molecule has 4 nitrogen and oxygen atoms in total. The minimum Gasteiger partial charge on any atom is -0.497 e. The van der Waals surface area contributed by atoms with E-state index in [1.165, 1.54) is 18.4 Å². The fourth-order valence-corrected chi connectivity index (χ4v) is 3.10. The molecule has 1 heterocycles. The molecule has 2 N–H and O–H groups in total. The van der Waals surface area contributed by atoms with E-state index in [1.54, 1.807) is 14.2 Å². The van der Waals surface area contributed by atoms with Gasteiger partial charge in [0.25, 0.3) is 0 Å². The summed E-state index contributed by atoms with van der Waals surface area (Å²) in [6.07, 6.45) is 2.53. The van der Waals surface area contributed by atoms with E-state index >= 15 is 0 Å². The van der Waals surface area contributed by atoms with Crippen LogP contribution in [-0.4, -0.2) is 38.3 Å². The largest absolute Gasteiger partial charge is 0.497 e. The summed E-state index contributed by atoms with van der Waals surface area (Å²) in [5.74, 6) is 2.35. The van der Waals surface area contributed by atoms with Crippen LogP contribution < -0.4 is 15.2 Å². The molecule has 2 unspecified atom stereocenters. The van der Waals surface area contributed by atoms with Gasteiger partial charge in [0.2, 0.25) is 0 Å². The molecule has 120 valence electrons. The lowest BCUT2D eigenvalue weighted by atomic mass is 9.90. The second kappa shape index (κ2) is 8.47. The van der Waals surface area contributed by atoms with E-state index in [4.69, 9.17) is 15.2 Å². The van der Waals surface area contributed by atoms with E-state index in [-0.39, 0.29) is 12.4 Å². The van der Waals surface area contributed by atoms with Gasteiger partial charge in [0.1, 0.15) is 11.5 Å². The molecular weight excluding hydrogens is 288 g/mol. The monoisotopic (exact) mass is 314 g/mol. The molecule has 1 fully saturated rings. The minimum atomic E-state index is 0. The topological polar surface area (TPSA) is 47.7 Å². The molecule has 1 aromatic rings. The summed E-state index contributed by atoms with van der Waals surface area (Å²) in [4.78, 5) is 2.49. The van der Waals surface area contributed by atoms with E-state index in [1.807, 2.05) is 6.07 Å². The molecular formula is C16H27ClN2O2. The van der Waals surface area contributed by atoms with E-state index < -0.39 is 0 Å². The van der Waals surface area contributed by atoms with Gasteiger partial charge in [-0.15, -0.1) is 12.4 Å². The number of halogens is 1. The summed E-state index contributed by atoms with van der Waals surface area (Å²) in [7, 11) is 3.37. The highest BCUT2D eigenvalue weighted by Gasteiger charge is 2.27. The van der Waals surface area contributed by atoms with Crippen molar-refractivity contribution in [2.75, 3.05) is 27.3 Å². The number of nitrogens with zero attached hydrogens (tertiary/aromatic N) is 1. The van der Waals surface area contributed by atoms with Crippen LogP contribution in [-0.2, 0) is 6.54 Å². The number of hydrogen-bond donors (Lipinski definition) is 1. The maximum absolute atomic E-state index is 5.96. The number of piperidine rings is 1. The number of hydrogen-bond acceptors (Lipinski definition) is 4. The van der Waals surface area contributed by atoms with Crippen LogP contribution in [0.4, 0.5) is 0 Å². The van der Waals surface area contributed by atoms with Crippen molar-refractivity contribution in [1.29, 1.82) is 0 Å². The number of benzene rings is 1. The summed E-state index contributed by atoms with van der Waals surface area (Å²) in [5, 5.41) is 0. The third-order valence-corrected chi connectivity index (χ3v) is 4.27. The van der Waals surface area contributed by atoms with Gasteiger partial charge < -0.3 is 15.2 Å². The fourth-order valence-electron chi connectivity index (χ4n) is 3.10. The fraction of sp³-hybridized carbons (Fsp3) is 0.625. The van der Waals surface area contributed by atoms with Crippen LogP contribution in [0.5, 0.6) is 11.5 Å². The van der Waals surface area contributed by atoms with Gasteiger partial charge in [0.15, 0.2) is 0 Å². The highest BCUT2D eigenvalue weighted by Crippen LogP contribution is 2.27. The lowest BCUT2D eigenvalue weighted by Crippen LogP contribution is -2.47. The van der Waals surface area contributed by atoms with Crippen molar-refractivity contribution in [2.45, 2.75) is 32.4 Å². The van der Waals surface area contributed by atoms with Crippen molar-refractivity contribution < 1.29 is 9.47 Å². The standard InChI is InChI=1S/C16H26N2O2.ClH/c1-12-5-4-6-18(16(12)10-17)11-13-7-14(19-2)9-15(8-13)20-3;/h7-9,12,16H,4-6,10-11,17H2,1-3H3;1H. The lowest BCUT2D eigenvalue weighted by Gasteiger charge is -2.39. The third kappa shape index (κ3) is 4.50. The van der Waals surface area contributed by atoms with Gasteiger partial charge in [0, 0.05) is 25.2 Å². The molecule has 1 saturated heterocycles. The Bertz CT molecular complexity index is 420. The van der Waals surface area contributed by atoms with E-state index in [0.717, 1.165) is 31.1 Å². The molecule has 0 radical (unpaired) electrons. The van der Waals surface area contributed by atoms with E-state index in [0.29, 0.717) is 12.0 Å². The van der Waals surface area contributed by atoms with Gasteiger partial charge in [-0.25, -0.2) is 0 Å². The number of ether oxygens (including phenoxy) is 2. The first-order valence-corrected chi connectivity index (χ1v) is 7.34. The van der Waals surface area contributed by atoms with E-state index in [2.05, 4.69) is 24.0 Å². The Morgan fingerprint density at radius 2 is 1.81 bits per heavy atom. The first kappa shape index (κ1) is 18.1. The summed E-state index contributed by atoms with van der Waals surface area (Å²) < 4.78 is 10.7. The zero-order chi connectivity index (χ0) is 14.5. The third-order valence-electron chi connectivity index (χ3n) is 4.27. The summed E-state index contributed by atoms with van der Waals surface area (Å²) in [6, 6.07) is 6.54. The maximum Gasteiger partial charge on any atom is 0.122 e. The van der Waals surface area contributed by atoms with Crippen LogP contribution in [0, 0.1) is 5.92 Å². The van der Waals surface area contributed by atoms with Gasteiger partial charge >= 0.3 is 0 Å². The quantitative estimate of drug-likeness (QED) is 0.908. The molecule has 1 aliphatic heterocycles. The SMILES string of the molecule is COc1cc(CN2CCCC(C)C2CN)cc(OC)c1.Cl. The Balaban J connectivity index is 0.00000220. The predicted molar refractivity (Wildman–Crippen MR) is 88.4 cm³/mol. The second-order valence-corrected chi connectivity index (χ2v) is 5.61. The van der Waals surface area contributed by atoms with Crippen LogP contribution in [0.3, 0.4) is 0 Å². The average molecular weight is 315 g/mol. The van der Waals surface area contributed by atoms with Gasteiger partial charge in [-0.1, -0.05) is 6.92 Å². The zero-order valence-electron chi connectivity index (χ0n) is 13.2. The highest BCUT2D eigenvalue weighted by molar-refractivity contribution is 5.85. The van der Waals surface area contributed by atoms with Crippen molar-refractivity contribution in [3.05, 3.63) is 23.8 Å². The van der Waals surface area contributed by atoms with Crippen LogP contribution in [0.25, 0.3) is 0 Å². The number of likely N-dealkylation sites (tertiary alicyclic amines) is 1. The molecule has 0 aromatic heterocycles. The maximum atomic E-state index is 5.96. The molecule has 21 heavy (non-hydrogen) atoms. The summed E-state index contributed by atoms with van der Waals surface area (Å²) >= 11 is 0. The molecule has 1 aromatic carbocycles. The molecule has 0 aliphatic carbocycles. The highest BCUT2D eigenvalue weighted by atomic mass is 35.5.